The summed E-state index contributed by atoms with van der Waals surface area (Å²) in [6.45, 7) is 4.71. The highest BCUT2D eigenvalue weighted by atomic mass is 19.4. The summed E-state index contributed by atoms with van der Waals surface area (Å²) in [5.41, 5.74) is -2.81. The minimum absolute atomic E-state index is 0.0250. The molecule has 1 fully saturated rings. The van der Waals surface area contributed by atoms with Crippen molar-refractivity contribution in [3.63, 3.8) is 0 Å². The van der Waals surface area contributed by atoms with Gasteiger partial charge in [-0.2, -0.15) is 39.5 Å². The smallest absolute Gasteiger partial charge is 0.416 e. The van der Waals surface area contributed by atoms with E-state index in [1.165, 1.54) is 20.1 Å². The number of methoxy groups -OCH3 is 1. The van der Waals surface area contributed by atoms with Crippen LogP contribution in [-0.4, -0.2) is 24.6 Å². The molecule has 1 aliphatic rings. The number of benzene rings is 3. The molecule has 0 aliphatic carbocycles. The number of nitrogens with zero attached hydrogens (tertiary/aromatic N) is 1. The molecule has 1 aliphatic heterocycles. The molecule has 2 atom stereocenters. The molecule has 0 spiro atoms. The van der Waals surface area contributed by atoms with Crippen LogP contribution in [0.2, 0.25) is 0 Å². The largest absolute Gasteiger partial charge is 0.496 e. The van der Waals surface area contributed by atoms with Gasteiger partial charge < -0.3 is 14.4 Å². The van der Waals surface area contributed by atoms with Gasteiger partial charge in [-0.3, -0.25) is 0 Å². The topological polar surface area (TPSA) is 38.8 Å². The van der Waals surface area contributed by atoms with Crippen LogP contribution in [0.4, 0.5) is 44.3 Å². The fourth-order valence-electron chi connectivity index (χ4n) is 5.15. The molecule has 0 bridgehead atoms. The maximum Gasteiger partial charge on any atom is 0.416 e. The van der Waals surface area contributed by atoms with Gasteiger partial charge in [-0.1, -0.05) is 32.9 Å². The number of rotatable bonds is 6. The summed E-state index contributed by atoms with van der Waals surface area (Å²) in [7, 11) is 1.40. The third-order valence-electron chi connectivity index (χ3n) is 7.42. The summed E-state index contributed by atoms with van der Waals surface area (Å²) in [6, 6.07) is 9.30. The quantitative estimate of drug-likeness (QED) is 0.254. The van der Waals surface area contributed by atoms with Gasteiger partial charge in [-0.05, 0) is 70.6 Å². The van der Waals surface area contributed by atoms with Crippen molar-refractivity contribution in [1.29, 1.82) is 0 Å². The third kappa shape index (κ3) is 7.07. The van der Waals surface area contributed by atoms with E-state index < -0.39 is 58.9 Å². The molecule has 0 aromatic heterocycles. The number of carbonyl (C=O) groups excluding carboxylic acids is 1. The normalized spacial score (nSPS) is 18.0. The van der Waals surface area contributed by atoms with Crippen molar-refractivity contribution >= 4 is 6.09 Å². The molecule has 0 unspecified atom stereocenters. The first-order valence-electron chi connectivity index (χ1n) is 13.4. The number of cyclic esters (lactones) is 1. The Morgan fingerprint density at radius 2 is 1.41 bits per heavy atom. The summed E-state index contributed by atoms with van der Waals surface area (Å²) < 4.78 is 133. The molecule has 1 amide bonds. The van der Waals surface area contributed by atoms with Crippen molar-refractivity contribution in [2.24, 2.45) is 5.92 Å². The van der Waals surface area contributed by atoms with Crippen molar-refractivity contribution < 1.29 is 53.8 Å². The zero-order valence-corrected chi connectivity index (χ0v) is 23.9. The van der Waals surface area contributed by atoms with E-state index in [2.05, 4.69) is 0 Å². The Balaban J connectivity index is 1.72. The molecule has 0 radical (unpaired) electrons. The summed E-state index contributed by atoms with van der Waals surface area (Å²) >= 11 is 0. The number of hydrogen-bond acceptors (Lipinski definition) is 3. The van der Waals surface area contributed by atoms with Gasteiger partial charge in [0, 0.05) is 24.6 Å². The minimum atomic E-state index is -5.10. The lowest BCUT2D eigenvalue weighted by Gasteiger charge is -2.37. The van der Waals surface area contributed by atoms with E-state index in [0.717, 1.165) is 22.6 Å². The molecule has 0 N–H and O–H groups in total. The van der Waals surface area contributed by atoms with Crippen LogP contribution in [0.3, 0.4) is 0 Å². The summed E-state index contributed by atoms with van der Waals surface area (Å²) in [6.07, 6.45) is -17.5. The highest BCUT2D eigenvalue weighted by Crippen LogP contribution is 2.42. The first-order chi connectivity index (χ1) is 20.3. The third-order valence-corrected chi connectivity index (χ3v) is 7.42. The van der Waals surface area contributed by atoms with Gasteiger partial charge in [-0.25, -0.2) is 4.79 Å². The second-order valence-corrected chi connectivity index (χ2v) is 11.0. The molecule has 1 heterocycles. The highest BCUT2D eigenvalue weighted by molar-refractivity contribution is 5.76. The molecule has 44 heavy (non-hydrogen) atoms. The van der Waals surface area contributed by atoms with Crippen LogP contribution in [0.1, 0.15) is 66.2 Å². The predicted molar refractivity (Wildman–Crippen MR) is 143 cm³/mol. The Labute approximate surface area is 247 Å². The molecular formula is C31H28F9NO3. The lowest BCUT2D eigenvalue weighted by atomic mass is 9.91. The van der Waals surface area contributed by atoms with Crippen LogP contribution in [0.25, 0.3) is 11.1 Å². The molecule has 4 rings (SSSR count). The lowest BCUT2D eigenvalue weighted by Crippen LogP contribution is -2.43. The van der Waals surface area contributed by atoms with Crippen LogP contribution >= 0.6 is 0 Å². The lowest BCUT2D eigenvalue weighted by molar-refractivity contribution is -0.143. The van der Waals surface area contributed by atoms with E-state index in [1.807, 2.05) is 19.9 Å². The van der Waals surface area contributed by atoms with Crippen molar-refractivity contribution in [2.75, 3.05) is 13.7 Å². The van der Waals surface area contributed by atoms with Gasteiger partial charge in [0.2, 0.25) is 0 Å². The first-order valence-corrected chi connectivity index (χ1v) is 13.4. The fraction of sp³-hybridized carbons (Fsp3) is 0.387. The number of alkyl halides is 9. The molecule has 4 nitrogen and oxygen atoms in total. The predicted octanol–water partition coefficient (Wildman–Crippen LogP) is 9.87. The summed E-state index contributed by atoms with van der Waals surface area (Å²) in [5.74, 6) is -0.387. The molecule has 0 saturated carbocycles. The Hall–Kier alpha value is -3.90. The standard InChI is InChI=1S/C31H28F9NO3/c1-16(2)18-5-8-26(43-4)25(12-18)24-7-6-21(29(32,33)34)11-20(24)15-41-14-17(3)27(44-28(41)42)19-9-22(30(35,36)37)13-23(10-19)31(38,39)40/h5-13,16-17,27H,14-15H2,1-4H3/t17-,27+/m0/s1. The first kappa shape index (κ1) is 33.0. The van der Waals surface area contributed by atoms with Crippen molar-refractivity contribution in [1.82, 2.24) is 4.90 Å². The minimum Gasteiger partial charge on any atom is -0.496 e. The summed E-state index contributed by atoms with van der Waals surface area (Å²) in [4.78, 5) is 14.2. The Kier molecular flexibility index (Phi) is 8.92. The molecule has 1 saturated heterocycles. The number of halogens is 9. The Morgan fingerprint density at radius 3 is 1.93 bits per heavy atom. The van der Waals surface area contributed by atoms with Gasteiger partial charge in [0.25, 0.3) is 0 Å². The van der Waals surface area contributed by atoms with Gasteiger partial charge in [0.1, 0.15) is 11.9 Å². The van der Waals surface area contributed by atoms with Gasteiger partial charge in [-0.15, -0.1) is 0 Å². The van der Waals surface area contributed by atoms with E-state index in [4.69, 9.17) is 9.47 Å². The monoisotopic (exact) mass is 633 g/mol. The van der Waals surface area contributed by atoms with E-state index in [1.54, 1.807) is 12.1 Å². The fourth-order valence-corrected chi connectivity index (χ4v) is 5.15. The van der Waals surface area contributed by atoms with Crippen LogP contribution < -0.4 is 4.74 Å². The van der Waals surface area contributed by atoms with Crippen molar-refractivity contribution in [2.45, 2.75) is 57.9 Å². The number of amides is 1. The average Bonchev–Trinajstić information content (AvgIpc) is 2.92. The highest BCUT2D eigenvalue weighted by Gasteiger charge is 2.41. The van der Waals surface area contributed by atoms with Crippen LogP contribution in [0, 0.1) is 5.92 Å². The number of hydrogen-bond donors (Lipinski definition) is 0. The number of ether oxygens (including phenoxy) is 2. The van der Waals surface area contributed by atoms with Gasteiger partial charge >= 0.3 is 24.6 Å². The average molecular weight is 634 g/mol. The second-order valence-electron chi connectivity index (χ2n) is 11.0. The van der Waals surface area contributed by atoms with E-state index >= 15 is 0 Å². The van der Waals surface area contributed by atoms with Crippen LogP contribution in [-0.2, 0) is 29.8 Å². The molecule has 13 heteroatoms. The van der Waals surface area contributed by atoms with Crippen LogP contribution in [0.5, 0.6) is 5.75 Å². The Morgan fingerprint density at radius 1 is 0.818 bits per heavy atom. The van der Waals surface area contributed by atoms with E-state index in [9.17, 15) is 44.3 Å². The van der Waals surface area contributed by atoms with E-state index in [0.29, 0.717) is 29.0 Å². The molecular weight excluding hydrogens is 605 g/mol. The summed E-state index contributed by atoms with van der Waals surface area (Å²) in [5, 5.41) is 0. The van der Waals surface area contributed by atoms with Crippen molar-refractivity contribution in [3.05, 3.63) is 88.0 Å². The zero-order chi connectivity index (χ0) is 32.8. The Bertz CT molecular complexity index is 1490. The maximum atomic E-state index is 13.7. The molecule has 3 aromatic rings. The molecule has 3 aromatic carbocycles. The number of carbonyl (C=O) groups is 1. The van der Waals surface area contributed by atoms with Crippen molar-refractivity contribution in [3.8, 4) is 16.9 Å². The van der Waals surface area contributed by atoms with Gasteiger partial charge in [0.05, 0.1) is 23.8 Å². The molecule has 238 valence electrons. The SMILES string of the molecule is COc1ccc(C(C)C)cc1-c1ccc(C(F)(F)F)cc1CN1C[C@H](C)[C@H](c2cc(C(F)(F)F)cc(C(F)(F)F)c2)OC1=O. The van der Waals surface area contributed by atoms with E-state index in [-0.39, 0.29) is 30.6 Å². The van der Waals surface area contributed by atoms with Gasteiger partial charge in [0.15, 0.2) is 0 Å². The van der Waals surface area contributed by atoms with Crippen LogP contribution in [0.15, 0.2) is 54.6 Å². The zero-order valence-electron chi connectivity index (χ0n) is 23.9. The second kappa shape index (κ2) is 11.9. The maximum absolute atomic E-state index is 13.7.